The number of benzene rings is 1. The van der Waals surface area contributed by atoms with E-state index in [2.05, 4.69) is 19.2 Å². The second-order valence-electron chi connectivity index (χ2n) is 4.97. The predicted molar refractivity (Wildman–Crippen MR) is 66.2 cm³/mol. The van der Waals surface area contributed by atoms with Crippen molar-refractivity contribution in [3.8, 4) is 0 Å². The summed E-state index contributed by atoms with van der Waals surface area (Å²) in [7, 11) is 0. The van der Waals surface area contributed by atoms with E-state index in [4.69, 9.17) is 17.3 Å². The Labute approximate surface area is 95.8 Å². The number of rotatable bonds is 3. The van der Waals surface area contributed by atoms with Crippen molar-refractivity contribution in [2.24, 2.45) is 11.3 Å². The van der Waals surface area contributed by atoms with Crippen molar-refractivity contribution < 1.29 is 0 Å². The zero-order chi connectivity index (χ0) is 11.1. The van der Waals surface area contributed by atoms with Crippen molar-refractivity contribution in [1.29, 1.82) is 0 Å². The van der Waals surface area contributed by atoms with Gasteiger partial charge in [-0.1, -0.05) is 31.5 Å². The number of hydrogen-bond acceptors (Lipinski definition) is 2. The van der Waals surface area contributed by atoms with Gasteiger partial charge >= 0.3 is 0 Å². The zero-order valence-electron chi connectivity index (χ0n) is 9.18. The molecule has 0 spiro atoms. The van der Waals surface area contributed by atoms with E-state index in [1.807, 2.05) is 18.2 Å². The topological polar surface area (TPSA) is 38.0 Å². The Morgan fingerprint density at radius 2 is 2.20 bits per heavy atom. The molecule has 3 N–H and O–H groups in total. The molecule has 1 saturated carbocycles. The molecule has 1 aromatic rings. The van der Waals surface area contributed by atoms with Gasteiger partial charge in [0.25, 0.3) is 0 Å². The molecule has 0 aromatic heterocycles. The molecule has 0 amide bonds. The van der Waals surface area contributed by atoms with Crippen LogP contribution in [0.25, 0.3) is 0 Å². The van der Waals surface area contributed by atoms with Crippen molar-refractivity contribution in [3.05, 3.63) is 23.2 Å². The molecule has 82 valence electrons. The molecule has 0 saturated heterocycles. The Morgan fingerprint density at radius 1 is 1.53 bits per heavy atom. The van der Waals surface area contributed by atoms with Crippen molar-refractivity contribution >= 4 is 23.0 Å². The first kappa shape index (κ1) is 10.6. The van der Waals surface area contributed by atoms with Gasteiger partial charge in [0, 0.05) is 6.54 Å². The molecule has 1 aliphatic carbocycles. The van der Waals surface area contributed by atoms with E-state index in [1.165, 1.54) is 6.42 Å². The monoisotopic (exact) mass is 224 g/mol. The fourth-order valence-electron chi connectivity index (χ4n) is 1.85. The first-order chi connectivity index (χ1) is 7.00. The molecule has 1 fully saturated rings. The van der Waals surface area contributed by atoms with Gasteiger partial charge in [0.05, 0.1) is 16.4 Å². The Kier molecular flexibility index (Phi) is 2.55. The maximum absolute atomic E-state index is 5.94. The number of hydrogen-bond donors (Lipinski definition) is 2. The van der Waals surface area contributed by atoms with Gasteiger partial charge in [0.1, 0.15) is 0 Å². The summed E-state index contributed by atoms with van der Waals surface area (Å²) < 4.78 is 0. The number of halogens is 1. The molecule has 1 aromatic carbocycles. The van der Waals surface area contributed by atoms with Crippen molar-refractivity contribution in [2.45, 2.75) is 20.3 Å². The standard InChI is InChI=1S/C12H17ClN2/c1-12(2)6-8(12)7-15-10-5-3-4-9(13)11(10)14/h3-5,8,15H,6-7,14H2,1-2H3. The third-order valence-corrected chi connectivity index (χ3v) is 3.64. The molecule has 1 unspecified atom stereocenters. The minimum absolute atomic E-state index is 0.500. The van der Waals surface area contributed by atoms with E-state index in [1.54, 1.807) is 0 Å². The largest absolute Gasteiger partial charge is 0.396 e. The molecular formula is C12H17ClN2. The van der Waals surface area contributed by atoms with Crippen LogP contribution in [0.3, 0.4) is 0 Å². The molecule has 0 radical (unpaired) electrons. The fourth-order valence-corrected chi connectivity index (χ4v) is 2.02. The number of nitrogens with one attached hydrogen (secondary N) is 1. The van der Waals surface area contributed by atoms with Gasteiger partial charge in [-0.2, -0.15) is 0 Å². The van der Waals surface area contributed by atoms with E-state index in [9.17, 15) is 0 Å². The summed E-state index contributed by atoms with van der Waals surface area (Å²) in [4.78, 5) is 0. The maximum atomic E-state index is 5.94. The van der Waals surface area contributed by atoms with Crippen molar-refractivity contribution in [3.63, 3.8) is 0 Å². The zero-order valence-corrected chi connectivity index (χ0v) is 9.93. The van der Waals surface area contributed by atoms with Crippen LogP contribution in [0.1, 0.15) is 20.3 Å². The molecule has 0 aliphatic heterocycles. The maximum Gasteiger partial charge on any atom is 0.0739 e. The quantitative estimate of drug-likeness (QED) is 0.773. The summed E-state index contributed by atoms with van der Waals surface area (Å²) in [5.41, 5.74) is 7.96. The smallest absolute Gasteiger partial charge is 0.0739 e. The average Bonchev–Trinajstić information content (AvgIpc) is 2.77. The first-order valence-corrected chi connectivity index (χ1v) is 5.66. The Morgan fingerprint density at radius 3 is 2.80 bits per heavy atom. The minimum atomic E-state index is 0.500. The highest BCUT2D eigenvalue weighted by Crippen LogP contribution is 2.51. The molecule has 15 heavy (non-hydrogen) atoms. The van der Waals surface area contributed by atoms with Crippen LogP contribution in [0.4, 0.5) is 11.4 Å². The van der Waals surface area contributed by atoms with E-state index >= 15 is 0 Å². The highest BCUT2D eigenvalue weighted by molar-refractivity contribution is 6.33. The fraction of sp³-hybridized carbons (Fsp3) is 0.500. The van der Waals surface area contributed by atoms with Crippen LogP contribution in [0.15, 0.2) is 18.2 Å². The SMILES string of the molecule is CC1(C)CC1CNc1cccc(Cl)c1N. The highest BCUT2D eigenvalue weighted by atomic mass is 35.5. The number of nitrogens with two attached hydrogens (primary N) is 1. The van der Waals surface area contributed by atoms with Crippen LogP contribution in [0.5, 0.6) is 0 Å². The lowest BCUT2D eigenvalue weighted by molar-refractivity contribution is 0.573. The summed E-state index contributed by atoms with van der Waals surface area (Å²) >= 11 is 5.94. The molecule has 2 nitrogen and oxygen atoms in total. The summed E-state index contributed by atoms with van der Waals surface area (Å²) in [5.74, 6) is 0.760. The molecule has 1 aliphatic rings. The first-order valence-electron chi connectivity index (χ1n) is 5.28. The van der Waals surface area contributed by atoms with Crippen LogP contribution >= 0.6 is 11.6 Å². The highest BCUT2D eigenvalue weighted by Gasteiger charge is 2.44. The molecule has 3 heteroatoms. The van der Waals surface area contributed by atoms with Crippen LogP contribution < -0.4 is 11.1 Å². The predicted octanol–water partition coefficient (Wildman–Crippen LogP) is 3.38. The summed E-state index contributed by atoms with van der Waals surface area (Å²) in [6.45, 7) is 5.57. The van der Waals surface area contributed by atoms with Crippen LogP contribution in [0, 0.1) is 11.3 Å². The van der Waals surface area contributed by atoms with E-state index < -0.39 is 0 Å². The third-order valence-electron chi connectivity index (χ3n) is 3.31. The second kappa shape index (κ2) is 3.60. The van der Waals surface area contributed by atoms with Gasteiger partial charge in [0.2, 0.25) is 0 Å². The van der Waals surface area contributed by atoms with Crippen molar-refractivity contribution in [2.75, 3.05) is 17.6 Å². The number of nitrogen functional groups attached to an aromatic ring is 1. The number of anilines is 2. The van der Waals surface area contributed by atoms with E-state index in [-0.39, 0.29) is 0 Å². The van der Waals surface area contributed by atoms with E-state index in [0.717, 1.165) is 18.2 Å². The van der Waals surface area contributed by atoms with E-state index in [0.29, 0.717) is 16.1 Å². The lowest BCUT2D eigenvalue weighted by atomic mass is 10.1. The van der Waals surface area contributed by atoms with Gasteiger partial charge in [-0.05, 0) is 29.9 Å². The summed E-state index contributed by atoms with van der Waals surface area (Å²) in [6.07, 6.45) is 1.29. The van der Waals surface area contributed by atoms with Crippen molar-refractivity contribution in [1.82, 2.24) is 0 Å². The molecule has 0 heterocycles. The molecule has 2 rings (SSSR count). The molecular weight excluding hydrogens is 208 g/mol. The van der Waals surface area contributed by atoms with Crippen LogP contribution in [-0.4, -0.2) is 6.54 Å². The summed E-state index contributed by atoms with van der Waals surface area (Å²) in [5, 5.41) is 3.98. The van der Waals surface area contributed by atoms with Crippen LogP contribution in [0.2, 0.25) is 5.02 Å². The van der Waals surface area contributed by atoms with Gasteiger partial charge in [0.15, 0.2) is 0 Å². The molecule has 0 bridgehead atoms. The minimum Gasteiger partial charge on any atom is -0.396 e. The Bertz CT molecular complexity index is 374. The lowest BCUT2D eigenvalue weighted by Gasteiger charge is -2.10. The summed E-state index contributed by atoms with van der Waals surface area (Å²) in [6, 6.07) is 5.69. The van der Waals surface area contributed by atoms with Crippen LogP contribution in [-0.2, 0) is 0 Å². The van der Waals surface area contributed by atoms with Gasteiger partial charge < -0.3 is 11.1 Å². The normalized spacial score (nSPS) is 22.5. The van der Waals surface area contributed by atoms with Gasteiger partial charge in [-0.3, -0.25) is 0 Å². The second-order valence-corrected chi connectivity index (χ2v) is 5.38. The Hall–Kier alpha value is -0.890. The number of para-hydroxylation sites is 1. The van der Waals surface area contributed by atoms with Gasteiger partial charge in [-0.25, -0.2) is 0 Å². The lowest BCUT2D eigenvalue weighted by Crippen LogP contribution is -2.08. The molecule has 1 atom stereocenters. The van der Waals surface area contributed by atoms with Gasteiger partial charge in [-0.15, -0.1) is 0 Å². The third kappa shape index (κ3) is 2.20. The average molecular weight is 225 g/mol. The Balaban J connectivity index is 1.97.